The zero-order chi connectivity index (χ0) is 15.8. The van der Waals surface area contributed by atoms with Crippen molar-refractivity contribution in [1.29, 1.82) is 0 Å². The Morgan fingerprint density at radius 3 is 2.62 bits per heavy atom. The van der Waals surface area contributed by atoms with E-state index in [0.29, 0.717) is 30.2 Å². The molecule has 0 radical (unpaired) electrons. The maximum absolute atomic E-state index is 13.0. The number of rotatable bonds is 4. The summed E-state index contributed by atoms with van der Waals surface area (Å²) in [5, 5.41) is 0. The highest BCUT2D eigenvalue weighted by atomic mass is 32.2. The van der Waals surface area contributed by atoms with Crippen molar-refractivity contribution >= 4 is 10.0 Å². The van der Waals surface area contributed by atoms with Crippen molar-refractivity contribution in [2.24, 2.45) is 5.73 Å². The minimum Gasteiger partial charge on any atom is -0.465 e. The fourth-order valence-corrected chi connectivity index (χ4v) is 4.96. The topological polar surface area (TPSA) is 85.8 Å². The molecule has 1 aliphatic rings. The molecular weight excluding hydrogens is 292 g/mol. The molecule has 0 aromatic carbocycles. The highest BCUT2D eigenvalue weighted by molar-refractivity contribution is 7.89. The summed E-state index contributed by atoms with van der Waals surface area (Å²) in [7, 11) is -2.00. The lowest BCUT2D eigenvalue weighted by atomic mass is 9.96. The fourth-order valence-electron chi connectivity index (χ4n) is 2.95. The van der Waals surface area contributed by atoms with Crippen molar-refractivity contribution < 1.29 is 17.6 Å². The van der Waals surface area contributed by atoms with Crippen molar-refractivity contribution in [2.45, 2.75) is 50.7 Å². The molecule has 1 unspecified atom stereocenters. The SMILES string of the molecule is COC1(C)CCCN(S(=O)(=O)c2c(C)oc(C)c2CN)C1. The van der Waals surface area contributed by atoms with Crippen LogP contribution in [0.5, 0.6) is 0 Å². The Balaban J connectivity index is 2.43. The maximum Gasteiger partial charge on any atom is 0.246 e. The minimum absolute atomic E-state index is 0.146. The first kappa shape index (κ1) is 16.5. The van der Waals surface area contributed by atoms with Gasteiger partial charge in [-0.1, -0.05) is 0 Å². The zero-order valence-corrected chi connectivity index (χ0v) is 13.9. The Hall–Kier alpha value is -0.890. The lowest BCUT2D eigenvalue weighted by Gasteiger charge is -2.38. The summed E-state index contributed by atoms with van der Waals surface area (Å²) in [6.07, 6.45) is 1.63. The first-order valence-corrected chi connectivity index (χ1v) is 8.53. The van der Waals surface area contributed by atoms with Crippen LogP contribution in [0, 0.1) is 13.8 Å². The Morgan fingerprint density at radius 1 is 1.38 bits per heavy atom. The number of furan rings is 1. The van der Waals surface area contributed by atoms with Crippen LogP contribution in [-0.2, 0) is 21.3 Å². The van der Waals surface area contributed by atoms with Gasteiger partial charge in [-0.3, -0.25) is 0 Å². The Morgan fingerprint density at radius 2 is 2.05 bits per heavy atom. The number of methoxy groups -OCH3 is 1. The molecule has 6 nitrogen and oxygen atoms in total. The van der Waals surface area contributed by atoms with E-state index in [4.69, 9.17) is 14.9 Å². The summed E-state index contributed by atoms with van der Waals surface area (Å²) >= 11 is 0. The molecule has 1 aromatic heterocycles. The molecule has 120 valence electrons. The molecule has 0 spiro atoms. The molecule has 0 amide bonds. The number of aryl methyl sites for hydroxylation is 2. The third-order valence-electron chi connectivity index (χ3n) is 4.24. The van der Waals surface area contributed by atoms with E-state index >= 15 is 0 Å². The molecule has 2 rings (SSSR count). The molecule has 1 atom stereocenters. The van der Waals surface area contributed by atoms with Gasteiger partial charge in [0.25, 0.3) is 0 Å². The van der Waals surface area contributed by atoms with Gasteiger partial charge in [-0.15, -0.1) is 0 Å². The van der Waals surface area contributed by atoms with Crippen LogP contribution in [0.1, 0.15) is 36.8 Å². The van der Waals surface area contributed by atoms with Crippen molar-refractivity contribution in [1.82, 2.24) is 4.31 Å². The Kier molecular flexibility index (Phi) is 4.49. The first-order valence-electron chi connectivity index (χ1n) is 7.09. The average molecular weight is 316 g/mol. The van der Waals surface area contributed by atoms with Crippen molar-refractivity contribution in [3.8, 4) is 0 Å². The summed E-state index contributed by atoms with van der Waals surface area (Å²) in [6.45, 7) is 6.33. The van der Waals surface area contributed by atoms with Crippen LogP contribution >= 0.6 is 0 Å². The summed E-state index contributed by atoms with van der Waals surface area (Å²) in [5.41, 5.74) is 5.83. The predicted molar refractivity (Wildman–Crippen MR) is 79.5 cm³/mol. The number of nitrogens with two attached hydrogens (primary N) is 1. The fraction of sp³-hybridized carbons (Fsp3) is 0.714. The van der Waals surface area contributed by atoms with E-state index in [-0.39, 0.29) is 11.4 Å². The quantitative estimate of drug-likeness (QED) is 0.910. The van der Waals surface area contributed by atoms with Crippen LogP contribution in [0.4, 0.5) is 0 Å². The van der Waals surface area contributed by atoms with Gasteiger partial charge in [0, 0.05) is 32.3 Å². The van der Waals surface area contributed by atoms with Gasteiger partial charge in [0.2, 0.25) is 10.0 Å². The van der Waals surface area contributed by atoms with E-state index in [0.717, 1.165) is 12.8 Å². The van der Waals surface area contributed by atoms with E-state index in [1.54, 1.807) is 21.0 Å². The standard InChI is InChI=1S/C14H24N2O4S/c1-10-12(8-15)13(11(2)20-10)21(17,18)16-7-5-6-14(3,9-16)19-4/h5-9,15H2,1-4H3. The third-order valence-corrected chi connectivity index (χ3v) is 6.29. The number of piperidine rings is 1. The van der Waals surface area contributed by atoms with Gasteiger partial charge in [0.1, 0.15) is 16.4 Å². The lowest BCUT2D eigenvalue weighted by Crippen LogP contribution is -2.49. The van der Waals surface area contributed by atoms with Crippen LogP contribution in [0.2, 0.25) is 0 Å². The summed E-state index contributed by atoms with van der Waals surface area (Å²) in [5.74, 6) is 0.970. The summed E-state index contributed by atoms with van der Waals surface area (Å²) in [6, 6.07) is 0. The molecule has 1 fully saturated rings. The molecule has 1 aliphatic heterocycles. The van der Waals surface area contributed by atoms with Crippen molar-refractivity contribution in [2.75, 3.05) is 20.2 Å². The van der Waals surface area contributed by atoms with Crippen molar-refractivity contribution in [3.63, 3.8) is 0 Å². The lowest BCUT2D eigenvalue weighted by molar-refractivity contribution is -0.0319. The van der Waals surface area contributed by atoms with Gasteiger partial charge in [-0.25, -0.2) is 8.42 Å². The molecule has 0 aliphatic carbocycles. The van der Waals surface area contributed by atoms with Gasteiger partial charge in [0.05, 0.1) is 5.60 Å². The number of sulfonamides is 1. The first-order chi connectivity index (χ1) is 9.75. The number of nitrogens with zero attached hydrogens (tertiary/aromatic N) is 1. The summed E-state index contributed by atoms with van der Waals surface area (Å²) in [4.78, 5) is 0.225. The molecule has 1 aromatic rings. The second-order valence-corrected chi connectivity index (χ2v) is 7.70. The van der Waals surface area contributed by atoms with E-state index in [1.807, 2.05) is 6.92 Å². The number of hydrogen-bond acceptors (Lipinski definition) is 5. The average Bonchev–Trinajstić information content (AvgIpc) is 2.73. The van der Waals surface area contributed by atoms with E-state index < -0.39 is 15.6 Å². The van der Waals surface area contributed by atoms with Crippen LogP contribution in [0.15, 0.2) is 9.31 Å². The van der Waals surface area contributed by atoms with Gasteiger partial charge in [0.15, 0.2) is 0 Å². The molecular formula is C14H24N2O4S. The maximum atomic E-state index is 13.0. The molecule has 2 N–H and O–H groups in total. The van der Waals surface area contributed by atoms with Gasteiger partial charge in [-0.05, 0) is 33.6 Å². The molecule has 7 heteroatoms. The largest absolute Gasteiger partial charge is 0.465 e. The molecule has 0 saturated carbocycles. The number of hydrogen-bond donors (Lipinski definition) is 1. The summed E-state index contributed by atoms with van der Waals surface area (Å²) < 4.78 is 38.4. The normalized spacial score (nSPS) is 24.4. The highest BCUT2D eigenvalue weighted by Gasteiger charge is 2.39. The zero-order valence-electron chi connectivity index (χ0n) is 13.1. The molecule has 1 saturated heterocycles. The van der Waals surface area contributed by atoms with Crippen molar-refractivity contribution in [3.05, 3.63) is 17.1 Å². The predicted octanol–water partition coefficient (Wildman–Crippen LogP) is 1.54. The minimum atomic E-state index is -3.62. The monoisotopic (exact) mass is 316 g/mol. The second-order valence-electron chi connectivity index (χ2n) is 5.82. The highest BCUT2D eigenvalue weighted by Crippen LogP contribution is 2.33. The van der Waals surface area contributed by atoms with Crippen LogP contribution < -0.4 is 5.73 Å². The molecule has 21 heavy (non-hydrogen) atoms. The van der Waals surface area contributed by atoms with Crippen LogP contribution in [0.25, 0.3) is 0 Å². The van der Waals surface area contributed by atoms with Crippen LogP contribution in [-0.4, -0.2) is 38.5 Å². The van der Waals surface area contributed by atoms with E-state index in [9.17, 15) is 8.42 Å². The van der Waals surface area contributed by atoms with Gasteiger partial charge < -0.3 is 14.9 Å². The number of ether oxygens (including phenoxy) is 1. The Bertz CT molecular complexity index is 623. The van der Waals surface area contributed by atoms with Crippen LogP contribution in [0.3, 0.4) is 0 Å². The van der Waals surface area contributed by atoms with E-state index in [1.165, 1.54) is 4.31 Å². The molecule has 2 heterocycles. The molecule has 0 bridgehead atoms. The second kappa shape index (κ2) is 5.72. The van der Waals surface area contributed by atoms with Gasteiger partial charge in [-0.2, -0.15) is 4.31 Å². The third kappa shape index (κ3) is 2.88. The van der Waals surface area contributed by atoms with Gasteiger partial charge >= 0.3 is 0 Å². The Labute approximate surface area is 126 Å². The van der Waals surface area contributed by atoms with E-state index in [2.05, 4.69) is 0 Å². The smallest absolute Gasteiger partial charge is 0.246 e.